The van der Waals surface area contributed by atoms with E-state index in [1.165, 1.54) is 12.4 Å². The summed E-state index contributed by atoms with van der Waals surface area (Å²) >= 11 is 0. The molecule has 0 spiro atoms. The van der Waals surface area contributed by atoms with E-state index < -0.39 is 0 Å². The number of hydrogen-bond donors (Lipinski definition) is 2. The highest BCUT2D eigenvalue weighted by Crippen LogP contribution is 2.00. The Morgan fingerprint density at radius 3 is 2.00 bits per heavy atom. The molecule has 0 saturated carbocycles. The quantitative estimate of drug-likeness (QED) is 0.486. The fraction of sp³-hybridized carbons (Fsp3) is 0.167. The van der Waals surface area contributed by atoms with Crippen LogP contribution in [0, 0.1) is 0 Å². The lowest BCUT2D eigenvalue weighted by molar-refractivity contribution is 0.240. The highest BCUT2D eigenvalue weighted by molar-refractivity contribution is 5.58. The number of hydroxylamine groups is 1. The lowest BCUT2D eigenvalue weighted by Crippen LogP contribution is -2.07. The third-order valence-corrected chi connectivity index (χ3v) is 1.77. The van der Waals surface area contributed by atoms with Gasteiger partial charge in [-0.15, -0.1) is 0 Å². The average Bonchev–Trinajstić information content (AvgIpc) is 2.53. The summed E-state index contributed by atoms with van der Waals surface area (Å²) in [5.74, 6) is 1.07. The molecule has 0 aliphatic rings. The van der Waals surface area contributed by atoms with Gasteiger partial charge in [-0.2, -0.15) is 0 Å². The minimum atomic E-state index is 0.448. The molecule has 21 heavy (non-hydrogen) atoms. The highest BCUT2D eigenvalue weighted by atomic mass is 16.5. The standard InChI is InChI=1S/C7H10N4.C5H6N4O/c1-11(2)6-10-7-5-8-3-4-9-7;10-9-4-8-5-3-6-1-2-7-5/h3-6H,1-2H3;1-4,10H,(H,7,8,9). The molecule has 0 unspecified atom stereocenters. The topological polar surface area (TPSA) is 112 Å². The van der Waals surface area contributed by atoms with E-state index in [9.17, 15) is 0 Å². The zero-order valence-electron chi connectivity index (χ0n) is 11.7. The van der Waals surface area contributed by atoms with E-state index in [1.54, 1.807) is 36.6 Å². The van der Waals surface area contributed by atoms with Crippen LogP contribution in [0.5, 0.6) is 0 Å². The van der Waals surface area contributed by atoms with Gasteiger partial charge >= 0.3 is 0 Å². The van der Waals surface area contributed by atoms with Crippen LogP contribution in [-0.4, -0.2) is 56.8 Å². The molecule has 0 aliphatic carbocycles. The summed E-state index contributed by atoms with van der Waals surface area (Å²) in [5, 5.41) is 8.08. The molecule has 0 aromatic carbocycles. The zero-order chi connectivity index (χ0) is 15.3. The molecule has 0 saturated heterocycles. The largest absolute Gasteiger partial charge is 0.369 e. The molecule has 110 valence electrons. The molecule has 0 bridgehead atoms. The first-order valence-corrected chi connectivity index (χ1v) is 5.87. The maximum absolute atomic E-state index is 8.08. The Kier molecular flexibility index (Phi) is 7.61. The van der Waals surface area contributed by atoms with Crippen molar-refractivity contribution >= 4 is 24.3 Å². The molecule has 2 heterocycles. The number of rotatable bonds is 4. The first-order valence-electron chi connectivity index (χ1n) is 5.87. The monoisotopic (exact) mass is 288 g/mol. The molecule has 9 heteroatoms. The SMILES string of the molecule is CN(C)C=Nc1cnccn1.ONC=Nc1cnccn1. The zero-order valence-corrected chi connectivity index (χ0v) is 11.7. The second-order valence-corrected chi connectivity index (χ2v) is 3.72. The Balaban J connectivity index is 0.000000211. The van der Waals surface area contributed by atoms with Gasteiger partial charge in [0.05, 0.1) is 18.7 Å². The number of nitrogens with zero attached hydrogens (tertiary/aromatic N) is 7. The van der Waals surface area contributed by atoms with Gasteiger partial charge < -0.3 is 4.90 Å². The molecule has 2 rings (SSSR count). The van der Waals surface area contributed by atoms with Gasteiger partial charge in [-0.1, -0.05) is 0 Å². The van der Waals surface area contributed by atoms with E-state index in [4.69, 9.17) is 5.21 Å². The van der Waals surface area contributed by atoms with Gasteiger partial charge in [0.2, 0.25) is 0 Å². The molecule has 0 aliphatic heterocycles. The predicted molar refractivity (Wildman–Crippen MR) is 79.0 cm³/mol. The maximum atomic E-state index is 8.08. The van der Waals surface area contributed by atoms with E-state index in [0.29, 0.717) is 11.6 Å². The molecule has 0 atom stereocenters. The summed E-state index contributed by atoms with van der Waals surface area (Å²) in [4.78, 5) is 24.9. The van der Waals surface area contributed by atoms with Gasteiger partial charge in [-0.25, -0.2) is 20.0 Å². The summed E-state index contributed by atoms with van der Waals surface area (Å²) in [6.45, 7) is 0. The Hall–Kier alpha value is -2.94. The van der Waals surface area contributed by atoms with Crippen LogP contribution in [0.25, 0.3) is 0 Å². The van der Waals surface area contributed by atoms with Crippen molar-refractivity contribution in [2.45, 2.75) is 0 Å². The third kappa shape index (κ3) is 7.95. The van der Waals surface area contributed by atoms with Gasteiger partial charge in [0, 0.05) is 38.9 Å². The maximum Gasteiger partial charge on any atom is 0.172 e. The average molecular weight is 288 g/mol. The Bertz CT molecular complexity index is 544. The van der Waals surface area contributed by atoms with Crippen LogP contribution in [0.2, 0.25) is 0 Å². The van der Waals surface area contributed by atoms with Crippen molar-refractivity contribution in [3.63, 3.8) is 0 Å². The summed E-state index contributed by atoms with van der Waals surface area (Å²) in [7, 11) is 3.81. The molecule has 2 aromatic heterocycles. The van der Waals surface area contributed by atoms with Gasteiger partial charge in [0.15, 0.2) is 11.6 Å². The number of aromatic nitrogens is 4. The van der Waals surface area contributed by atoms with Crippen molar-refractivity contribution in [2.24, 2.45) is 9.98 Å². The summed E-state index contributed by atoms with van der Waals surface area (Å²) in [5.41, 5.74) is 1.76. The lowest BCUT2D eigenvalue weighted by Gasteiger charge is -2.00. The van der Waals surface area contributed by atoms with Crippen LogP contribution in [-0.2, 0) is 0 Å². The predicted octanol–water partition coefficient (Wildman–Crippen LogP) is 0.813. The fourth-order valence-corrected chi connectivity index (χ4v) is 0.985. The van der Waals surface area contributed by atoms with E-state index in [2.05, 4.69) is 29.9 Å². The molecule has 0 fully saturated rings. The van der Waals surface area contributed by atoms with Crippen molar-refractivity contribution < 1.29 is 5.21 Å². The number of nitrogens with one attached hydrogen (secondary N) is 1. The van der Waals surface area contributed by atoms with Gasteiger partial charge in [0.1, 0.15) is 6.34 Å². The highest BCUT2D eigenvalue weighted by Gasteiger charge is 1.85. The van der Waals surface area contributed by atoms with E-state index >= 15 is 0 Å². The van der Waals surface area contributed by atoms with E-state index in [1.807, 2.05) is 19.0 Å². The summed E-state index contributed by atoms with van der Waals surface area (Å²) in [6, 6.07) is 0. The first kappa shape index (κ1) is 16.1. The number of hydrogen-bond acceptors (Lipinski definition) is 7. The minimum Gasteiger partial charge on any atom is -0.369 e. The van der Waals surface area contributed by atoms with Crippen LogP contribution in [0.15, 0.2) is 47.2 Å². The van der Waals surface area contributed by atoms with E-state index in [0.717, 1.165) is 6.34 Å². The Morgan fingerprint density at radius 2 is 1.57 bits per heavy atom. The smallest absolute Gasteiger partial charge is 0.172 e. The Labute approximate surface area is 122 Å². The summed E-state index contributed by atoms with van der Waals surface area (Å²) < 4.78 is 0. The second kappa shape index (κ2) is 9.92. The van der Waals surface area contributed by atoms with Crippen molar-refractivity contribution in [3.05, 3.63) is 37.2 Å². The van der Waals surface area contributed by atoms with Crippen molar-refractivity contribution in [3.8, 4) is 0 Å². The van der Waals surface area contributed by atoms with Crippen molar-refractivity contribution in [1.29, 1.82) is 0 Å². The van der Waals surface area contributed by atoms with Gasteiger partial charge in [-0.05, 0) is 0 Å². The Morgan fingerprint density at radius 1 is 1.00 bits per heavy atom. The van der Waals surface area contributed by atoms with Crippen molar-refractivity contribution in [1.82, 2.24) is 30.3 Å². The fourth-order valence-electron chi connectivity index (χ4n) is 0.985. The van der Waals surface area contributed by atoms with Crippen LogP contribution >= 0.6 is 0 Å². The second-order valence-electron chi connectivity index (χ2n) is 3.72. The lowest BCUT2D eigenvalue weighted by atomic mass is 10.7. The van der Waals surface area contributed by atoms with Gasteiger partial charge in [0.25, 0.3) is 0 Å². The van der Waals surface area contributed by atoms with Crippen molar-refractivity contribution in [2.75, 3.05) is 14.1 Å². The third-order valence-electron chi connectivity index (χ3n) is 1.77. The molecular weight excluding hydrogens is 272 g/mol. The van der Waals surface area contributed by atoms with Crippen LogP contribution in [0.1, 0.15) is 0 Å². The molecular formula is C12H16N8O. The first-order chi connectivity index (χ1) is 10.2. The van der Waals surface area contributed by atoms with Gasteiger partial charge in [-0.3, -0.25) is 20.7 Å². The normalized spacial score (nSPS) is 10.2. The van der Waals surface area contributed by atoms with Crippen LogP contribution in [0.4, 0.5) is 11.6 Å². The molecule has 2 aromatic rings. The minimum absolute atomic E-state index is 0.448. The van der Waals surface area contributed by atoms with Crippen LogP contribution < -0.4 is 5.48 Å². The van der Waals surface area contributed by atoms with Crippen LogP contribution in [0.3, 0.4) is 0 Å². The summed E-state index contributed by atoms with van der Waals surface area (Å²) in [6.07, 6.45) is 12.2. The molecule has 9 nitrogen and oxygen atoms in total. The molecule has 0 radical (unpaired) electrons. The molecule has 0 amide bonds. The van der Waals surface area contributed by atoms with E-state index in [-0.39, 0.29) is 0 Å². The molecule has 2 N–H and O–H groups in total. The number of aliphatic imine (C=N–C) groups is 2.